The number of carbonyl (C=O) groups excluding carboxylic acids is 1. The lowest BCUT2D eigenvalue weighted by atomic mass is 10.2. The van der Waals surface area contributed by atoms with Crippen molar-refractivity contribution in [3.8, 4) is 6.07 Å². The Balaban J connectivity index is 3.22. The number of esters is 1. The highest BCUT2D eigenvalue weighted by atomic mass is 33.1. The normalized spacial score (nSPS) is 18.7. The molecule has 0 fully saturated rings. The lowest BCUT2D eigenvalue weighted by Crippen LogP contribution is -2.10. The van der Waals surface area contributed by atoms with Crippen LogP contribution in [0.4, 0.5) is 17.6 Å². The van der Waals surface area contributed by atoms with E-state index in [0.29, 0.717) is 10.8 Å². The van der Waals surface area contributed by atoms with Gasteiger partial charge < -0.3 is 4.74 Å². The summed E-state index contributed by atoms with van der Waals surface area (Å²) in [5.41, 5.74) is -0.758. The van der Waals surface area contributed by atoms with Crippen molar-refractivity contribution >= 4 is 27.6 Å². The van der Waals surface area contributed by atoms with Gasteiger partial charge in [0.1, 0.15) is 11.0 Å². The van der Waals surface area contributed by atoms with E-state index in [0.717, 1.165) is 0 Å². The molecule has 0 saturated heterocycles. The van der Waals surface area contributed by atoms with Gasteiger partial charge in [0.15, 0.2) is 11.4 Å². The molecule has 18 heavy (non-hydrogen) atoms. The van der Waals surface area contributed by atoms with E-state index in [1.54, 1.807) is 0 Å². The molecule has 98 valence electrons. The quantitative estimate of drug-likeness (QED) is 0.257. The molecule has 1 heterocycles. The lowest BCUT2D eigenvalue weighted by molar-refractivity contribution is -0.138. The zero-order valence-corrected chi connectivity index (χ0v) is 10.4. The molecule has 1 aliphatic heterocycles. The van der Waals surface area contributed by atoms with E-state index >= 15 is 0 Å². The van der Waals surface area contributed by atoms with Gasteiger partial charge in [0, 0.05) is 0 Å². The number of halogens is 4. The topological polar surface area (TPSA) is 50.1 Å². The molecule has 0 unspecified atom stereocenters. The molecule has 9 heteroatoms. The van der Waals surface area contributed by atoms with Crippen LogP contribution in [0.5, 0.6) is 0 Å². The maximum Gasteiger partial charge on any atom is 0.425 e. The van der Waals surface area contributed by atoms with Crippen molar-refractivity contribution in [2.24, 2.45) is 0 Å². The molecular weight excluding hydrogens is 294 g/mol. The van der Waals surface area contributed by atoms with Crippen LogP contribution in [0.1, 0.15) is 6.92 Å². The van der Waals surface area contributed by atoms with Gasteiger partial charge in [0.05, 0.1) is 11.5 Å². The second kappa shape index (κ2) is 5.67. The molecule has 1 rings (SSSR count). The number of hydrogen-bond donors (Lipinski definition) is 0. The summed E-state index contributed by atoms with van der Waals surface area (Å²) in [6.45, 7) is 1.40. The zero-order chi connectivity index (χ0) is 13.9. The van der Waals surface area contributed by atoms with E-state index < -0.39 is 33.4 Å². The van der Waals surface area contributed by atoms with Crippen LogP contribution in [0.25, 0.3) is 0 Å². The van der Waals surface area contributed by atoms with Gasteiger partial charge in [-0.25, -0.2) is 9.18 Å². The minimum Gasteiger partial charge on any atom is -0.462 e. The maximum atomic E-state index is 13.5. The van der Waals surface area contributed by atoms with E-state index in [9.17, 15) is 22.4 Å². The zero-order valence-electron chi connectivity index (χ0n) is 8.80. The van der Waals surface area contributed by atoms with Crippen LogP contribution in [-0.2, 0) is 9.53 Å². The number of rotatable bonds is 2. The summed E-state index contributed by atoms with van der Waals surface area (Å²) in [6.07, 6.45) is -4.85. The fourth-order valence-electron chi connectivity index (χ4n) is 0.975. The monoisotopic (exact) mass is 299 g/mol. The Hall–Kier alpha value is -1.14. The first kappa shape index (κ1) is 14.9. The fraction of sp³-hybridized carbons (Fsp3) is 0.333. The van der Waals surface area contributed by atoms with Crippen molar-refractivity contribution < 1.29 is 27.1 Å². The third-order valence-electron chi connectivity index (χ3n) is 1.68. The Morgan fingerprint density at radius 2 is 2.06 bits per heavy atom. The Kier molecular flexibility index (Phi) is 4.70. The minimum absolute atomic E-state index is 0.0629. The minimum atomic E-state index is -4.85. The molecule has 0 N–H and O–H groups in total. The van der Waals surface area contributed by atoms with E-state index in [1.807, 2.05) is 0 Å². The van der Waals surface area contributed by atoms with Crippen LogP contribution < -0.4 is 0 Å². The Morgan fingerprint density at radius 3 is 2.44 bits per heavy atom. The highest BCUT2D eigenvalue weighted by Crippen LogP contribution is 2.56. The number of hydrogen-bond acceptors (Lipinski definition) is 5. The summed E-state index contributed by atoms with van der Waals surface area (Å²) < 4.78 is 55.0. The van der Waals surface area contributed by atoms with E-state index in [1.165, 1.54) is 13.0 Å². The van der Waals surface area contributed by atoms with Crippen molar-refractivity contribution in [1.82, 2.24) is 0 Å². The van der Waals surface area contributed by atoms with Crippen molar-refractivity contribution in [1.29, 1.82) is 5.26 Å². The van der Waals surface area contributed by atoms with Gasteiger partial charge in [0.25, 0.3) is 0 Å². The molecule has 0 amide bonds. The number of allylic oxidation sites excluding steroid dienone is 2. The van der Waals surface area contributed by atoms with Crippen molar-refractivity contribution in [2.75, 3.05) is 6.61 Å². The third-order valence-corrected chi connectivity index (χ3v) is 4.14. The van der Waals surface area contributed by atoms with Crippen LogP contribution >= 0.6 is 21.6 Å². The molecule has 0 bridgehead atoms. The lowest BCUT2D eigenvalue weighted by Gasteiger charge is -2.04. The van der Waals surface area contributed by atoms with Crippen LogP contribution in [0.3, 0.4) is 0 Å². The molecule has 0 aromatic heterocycles. The van der Waals surface area contributed by atoms with Gasteiger partial charge in [-0.15, -0.1) is 0 Å². The standard InChI is InChI=1S/C9H5F4NO2S2/c1-2-16-8(15)4(3-14)6-5(10)7(18-17-6)9(11,12)13/h2H2,1H3. The third kappa shape index (κ3) is 3.00. The molecule has 3 nitrogen and oxygen atoms in total. The summed E-state index contributed by atoms with van der Waals surface area (Å²) in [4.78, 5) is 9.16. The van der Waals surface area contributed by atoms with Gasteiger partial charge in [-0.2, -0.15) is 18.4 Å². The summed E-state index contributed by atoms with van der Waals surface area (Å²) in [7, 11) is 0.500. The summed E-state index contributed by atoms with van der Waals surface area (Å²) in [5.74, 6) is -2.75. The highest BCUT2D eigenvalue weighted by molar-refractivity contribution is 8.80. The first-order valence-electron chi connectivity index (χ1n) is 4.46. The molecule has 1 aliphatic rings. The van der Waals surface area contributed by atoms with Gasteiger partial charge in [-0.3, -0.25) is 0 Å². The first-order valence-corrected chi connectivity index (χ1v) is 6.61. The van der Waals surface area contributed by atoms with Crippen LogP contribution in [0, 0.1) is 11.3 Å². The summed E-state index contributed by atoms with van der Waals surface area (Å²) >= 11 is 0. The molecule has 0 aliphatic carbocycles. The van der Waals surface area contributed by atoms with Gasteiger partial charge in [-0.1, -0.05) is 0 Å². The Bertz CT molecular complexity index is 476. The maximum absolute atomic E-state index is 13.5. The molecule has 0 radical (unpaired) electrons. The van der Waals surface area contributed by atoms with Crippen LogP contribution in [0.15, 0.2) is 21.2 Å². The van der Waals surface area contributed by atoms with Crippen LogP contribution in [-0.4, -0.2) is 18.8 Å². The molecule has 0 aromatic carbocycles. The second-order valence-corrected chi connectivity index (χ2v) is 4.99. The van der Waals surface area contributed by atoms with Crippen molar-refractivity contribution in [3.63, 3.8) is 0 Å². The summed E-state index contributed by atoms with van der Waals surface area (Å²) in [6, 6.07) is 1.36. The van der Waals surface area contributed by atoms with Gasteiger partial charge >= 0.3 is 12.1 Å². The predicted octanol–water partition coefficient (Wildman–Crippen LogP) is 3.47. The fourth-order valence-corrected chi connectivity index (χ4v) is 3.34. The molecule has 0 atom stereocenters. The molecule has 0 aromatic rings. The highest BCUT2D eigenvalue weighted by Gasteiger charge is 2.44. The summed E-state index contributed by atoms with van der Waals surface area (Å²) in [5, 5.41) is 8.69. The van der Waals surface area contributed by atoms with E-state index in [2.05, 4.69) is 4.74 Å². The largest absolute Gasteiger partial charge is 0.462 e. The average molecular weight is 299 g/mol. The number of ether oxygens (including phenoxy) is 1. The Morgan fingerprint density at radius 1 is 1.44 bits per heavy atom. The molecular formula is C9H5F4NO2S2. The average Bonchev–Trinajstić information content (AvgIpc) is 2.62. The van der Waals surface area contributed by atoms with E-state index in [-0.39, 0.29) is 17.4 Å². The number of alkyl halides is 3. The van der Waals surface area contributed by atoms with Gasteiger partial charge in [-0.05, 0) is 28.5 Å². The molecule has 0 saturated carbocycles. The van der Waals surface area contributed by atoms with Gasteiger partial charge in [0.2, 0.25) is 0 Å². The first-order chi connectivity index (χ1) is 8.32. The predicted molar refractivity (Wildman–Crippen MR) is 58.6 cm³/mol. The number of nitriles is 1. The molecule has 0 spiro atoms. The SMILES string of the molecule is CCOC(=O)C(C#N)=C1SSC(C(F)(F)F)=C1F. The second-order valence-electron chi connectivity index (χ2n) is 2.84. The van der Waals surface area contributed by atoms with Crippen molar-refractivity contribution in [3.05, 3.63) is 21.2 Å². The van der Waals surface area contributed by atoms with Crippen molar-refractivity contribution in [2.45, 2.75) is 13.1 Å². The van der Waals surface area contributed by atoms with Crippen LogP contribution in [0.2, 0.25) is 0 Å². The van der Waals surface area contributed by atoms with E-state index in [4.69, 9.17) is 5.26 Å². The smallest absolute Gasteiger partial charge is 0.425 e. The number of nitrogens with zero attached hydrogens (tertiary/aromatic N) is 1. The Labute approximate surface area is 107 Å². The number of carbonyl (C=O) groups is 1.